The largest absolute Gasteiger partial charge is 0.392 e. The minimum atomic E-state index is -0.400. The fourth-order valence-electron chi connectivity index (χ4n) is 6.56. The number of nitrogens with zero attached hydrogens (tertiary/aromatic N) is 7. The van der Waals surface area contributed by atoms with Gasteiger partial charge in [-0.1, -0.05) is 13.8 Å². The molecule has 0 unspecified atom stereocenters. The number of pyridine rings is 2. The molecule has 2 aliphatic rings. The van der Waals surface area contributed by atoms with E-state index in [1.807, 2.05) is 0 Å². The molecule has 2 amide bonds. The van der Waals surface area contributed by atoms with Crippen LogP contribution in [0.4, 0.5) is 17.3 Å². The molecular weight excluding hydrogens is 600 g/mol. The maximum Gasteiger partial charge on any atom is 0.290 e. The number of amides is 2. The van der Waals surface area contributed by atoms with Crippen LogP contribution in [0, 0.1) is 12.3 Å². The van der Waals surface area contributed by atoms with Gasteiger partial charge in [-0.3, -0.25) is 19.3 Å². The maximum absolute atomic E-state index is 13.1. The molecule has 0 atom stereocenters. The highest BCUT2D eigenvalue weighted by Crippen LogP contribution is 2.38. The van der Waals surface area contributed by atoms with Gasteiger partial charge in [0.25, 0.3) is 11.5 Å². The van der Waals surface area contributed by atoms with Crippen molar-refractivity contribution in [1.29, 1.82) is 0 Å². The number of aliphatic hydroxyl groups excluding tert-OH is 1. The number of morpholine rings is 1. The Hall–Kier alpha value is -4.88. The maximum atomic E-state index is 13.1. The first-order valence-corrected chi connectivity index (χ1v) is 15.8. The lowest BCUT2D eigenvalue weighted by atomic mass is 9.90. The van der Waals surface area contributed by atoms with Crippen LogP contribution in [0.3, 0.4) is 0 Å². The van der Waals surface area contributed by atoms with E-state index in [1.54, 1.807) is 35.4 Å². The van der Waals surface area contributed by atoms with Gasteiger partial charge in [-0.2, -0.15) is 5.10 Å². The second kappa shape index (κ2) is 13.1. The van der Waals surface area contributed by atoms with Crippen LogP contribution in [0.25, 0.3) is 11.3 Å². The molecule has 47 heavy (non-hydrogen) atoms. The third-order valence-electron chi connectivity index (χ3n) is 8.89. The number of anilines is 3. The van der Waals surface area contributed by atoms with Crippen LogP contribution in [-0.4, -0.2) is 79.5 Å². The number of carbonyl (C=O) groups excluding carboxylic acids is 2. The number of aryl methyl sites for hydroxylation is 2. The Bertz CT molecular complexity index is 1860. The summed E-state index contributed by atoms with van der Waals surface area (Å²) in [4.78, 5) is 50.4. The Kier molecular flexibility index (Phi) is 8.93. The lowest BCUT2D eigenvalue weighted by Crippen LogP contribution is -2.40. The van der Waals surface area contributed by atoms with Crippen molar-refractivity contribution in [2.75, 3.05) is 43.1 Å². The number of aliphatic hydroxyl groups is 1. The molecule has 1 aliphatic carbocycles. The molecule has 5 heterocycles. The molecule has 1 fully saturated rings. The standard InChI is InChI=1S/C34H40N8O5/c1-22-15-24-17-34(2,3)18-29(24)42(22)10-9-41(21-44)31-26(20-43)25(7-8-35-31)27-16-28(33(46)39(4)38-27)37-30-6-5-23(19-36-30)32(45)40-11-13-47-14-12-40/h5-8,15-16,19,21,43H,9-14,17-18,20H2,1-4H3,(H,36,37). The van der Waals surface area contributed by atoms with Gasteiger partial charge in [0, 0.05) is 68.1 Å². The molecule has 13 nitrogen and oxygen atoms in total. The molecule has 0 radical (unpaired) electrons. The van der Waals surface area contributed by atoms with Crippen molar-refractivity contribution >= 4 is 29.6 Å². The quantitative estimate of drug-likeness (QED) is 0.250. The van der Waals surface area contributed by atoms with E-state index >= 15 is 0 Å². The smallest absolute Gasteiger partial charge is 0.290 e. The molecule has 0 spiro atoms. The zero-order valence-corrected chi connectivity index (χ0v) is 27.2. The number of fused-ring (bicyclic) bond motifs is 1. The van der Waals surface area contributed by atoms with Crippen molar-refractivity contribution in [2.45, 2.75) is 46.8 Å². The number of rotatable bonds is 10. The minimum Gasteiger partial charge on any atom is -0.392 e. The highest BCUT2D eigenvalue weighted by Gasteiger charge is 2.32. The summed E-state index contributed by atoms with van der Waals surface area (Å²) in [6.45, 7) is 9.23. The number of hydrogen-bond acceptors (Lipinski definition) is 9. The van der Waals surface area contributed by atoms with Crippen LogP contribution in [0.15, 0.2) is 47.5 Å². The lowest BCUT2D eigenvalue weighted by molar-refractivity contribution is -0.107. The monoisotopic (exact) mass is 640 g/mol. The van der Waals surface area contributed by atoms with Crippen molar-refractivity contribution in [1.82, 2.24) is 29.2 Å². The van der Waals surface area contributed by atoms with Gasteiger partial charge in [-0.15, -0.1) is 0 Å². The molecule has 4 aromatic heterocycles. The Morgan fingerprint density at radius 2 is 1.94 bits per heavy atom. The van der Waals surface area contributed by atoms with Gasteiger partial charge >= 0.3 is 0 Å². The Labute approximate surface area is 272 Å². The first kappa shape index (κ1) is 32.1. The van der Waals surface area contributed by atoms with Crippen molar-refractivity contribution in [3.8, 4) is 11.3 Å². The SMILES string of the molecule is Cc1cc2c(n1CCN(C=O)c1nccc(-c3cc(Nc4ccc(C(=O)N5CCOCC5)cn4)c(=O)n(C)n3)c1CO)CC(C)(C)C2. The van der Waals surface area contributed by atoms with Crippen LogP contribution in [0.5, 0.6) is 0 Å². The third kappa shape index (κ3) is 6.54. The fraction of sp³-hybridized carbons (Fsp3) is 0.412. The number of aromatic nitrogens is 5. The normalized spacial score (nSPS) is 15.4. The molecule has 0 saturated carbocycles. The van der Waals surface area contributed by atoms with E-state index in [-0.39, 0.29) is 17.0 Å². The van der Waals surface area contributed by atoms with E-state index in [9.17, 15) is 19.5 Å². The van der Waals surface area contributed by atoms with Gasteiger partial charge in [-0.25, -0.2) is 14.6 Å². The molecule has 2 N–H and O–H groups in total. The lowest BCUT2D eigenvalue weighted by Gasteiger charge is -2.26. The van der Waals surface area contributed by atoms with Crippen LogP contribution in [0.1, 0.15) is 46.7 Å². The van der Waals surface area contributed by atoms with Gasteiger partial charge in [0.05, 0.1) is 31.1 Å². The summed E-state index contributed by atoms with van der Waals surface area (Å²) in [5, 5.41) is 18.0. The summed E-state index contributed by atoms with van der Waals surface area (Å²) in [6.07, 6.45) is 5.78. The predicted molar refractivity (Wildman–Crippen MR) is 177 cm³/mol. The second-order valence-electron chi connectivity index (χ2n) is 12.9. The highest BCUT2D eigenvalue weighted by molar-refractivity contribution is 5.94. The van der Waals surface area contributed by atoms with Crippen LogP contribution < -0.4 is 15.8 Å². The summed E-state index contributed by atoms with van der Waals surface area (Å²) in [7, 11) is 1.53. The first-order valence-electron chi connectivity index (χ1n) is 15.8. The number of ether oxygens (including phenoxy) is 1. The molecule has 4 aromatic rings. The molecular formula is C34H40N8O5. The van der Waals surface area contributed by atoms with Gasteiger partial charge in [0.15, 0.2) is 0 Å². The second-order valence-corrected chi connectivity index (χ2v) is 12.9. The number of nitrogens with one attached hydrogen (secondary N) is 1. The number of hydrogen-bond donors (Lipinski definition) is 2. The van der Waals surface area contributed by atoms with Gasteiger partial charge in [0.2, 0.25) is 6.41 Å². The molecule has 0 bridgehead atoms. The zero-order valence-electron chi connectivity index (χ0n) is 27.2. The summed E-state index contributed by atoms with van der Waals surface area (Å²) in [5.41, 5.74) is 5.63. The average molecular weight is 641 g/mol. The van der Waals surface area contributed by atoms with Crippen molar-refractivity contribution < 1.29 is 19.4 Å². The summed E-state index contributed by atoms with van der Waals surface area (Å²) < 4.78 is 8.80. The zero-order chi connectivity index (χ0) is 33.3. The van der Waals surface area contributed by atoms with Crippen molar-refractivity contribution in [2.24, 2.45) is 12.5 Å². The highest BCUT2D eigenvalue weighted by atomic mass is 16.5. The van der Waals surface area contributed by atoms with E-state index in [1.165, 1.54) is 34.1 Å². The summed E-state index contributed by atoms with van der Waals surface area (Å²) in [6, 6.07) is 8.82. The fourth-order valence-corrected chi connectivity index (χ4v) is 6.56. The molecule has 246 valence electrons. The molecule has 1 aliphatic heterocycles. The molecule has 1 saturated heterocycles. The molecule has 6 rings (SSSR count). The van der Waals surface area contributed by atoms with Crippen LogP contribution >= 0.6 is 0 Å². The van der Waals surface area contributed by atoms with E-state index < -0.39 is 12.2 Å². The predicted octanol–water partition coefficient (Wildman–Crippen LogP) is 2.84. The average Bonchev–Trinajstić information content (AvgIpc) is 3.52. The number of carbonyl (C=O) groups is 2. The van der Waals surface area contributed by atoms with E-state index in [2.05, 4.69) is 51.8 Å². The van der Waals surface area contributed by atoms with E-state index in [4.69, 9.17) is 4.74 Å². The van der Waals surface area contributed by atoms with Crippen LogP contribution in [0.2, 0.25) is 0 Å². The molecule has 0 aromatic carbocycles. The topological polar surface area (TPSA) is 148 Å². The molecule has 13 heteroatoms. The van der Waals surface area contributed by atoms with Gasteiger partial charge in [0.1, 0.15) is 17.3 Å². The Balaban J connectivity index is 1.24. The van der Waals surface area contributed by atoms with E-state index in [0.717, 1.165) is 24.9 Å². The third-order valence-corrected chi connectivity index (χ3v) is 8.89. The summed E-state index contributed by atoms with van der Waals surface area (Å²) >= 11 is 0. The van der Waals surface area contributed by atoms with Gasteiger partial charge < -0.3 is 24.6 Å². The first-order chi connectivity index (χ1) is 22.6. The van der Waals surface area contributed by atoms with Crippen molar-refractivity contribution in [3.63, 3.8) is 0 Å². The Morgan fingerprint density at radius 1 is 1.15 bits per heavy atom. The minimum absolute atomic E-state index is 0.125. The summed E-state index contributed by atoms with van der Waals surface area (Å²) in [5.74, 6) is 0.576. The van der Waals surface area contributed by atoms with Gasteiger partial charge in [-0.05, 0) is 61.1 Å². The van der Waals surface area contributed by atoms with Crippen molar-refractivity contribution in [3.05, 3.63) is 81.2 Å². The Morgan fingerprint density at radius 3 is 2.64 bits per heavy atom. The van der Waals surface area contributed by atoms with E-state index in [0.29, 0.717) is 73.4 Å². The van der Waals surface area contributed by atoms with Crippen LogP contribution in [-0.2, 0) is 42.6 Å².